The molecule has 4 heterocycles. The van der Waals surface area contributed by atoms with Crippen molar-refractivity contribution in [1.29, 1.82) is 0 Å². The molecule has 0 N–H and O–H groups in total. The summed E-state index contributed by atoms with van der Waals surface area (Å²) < 4.78 is 17.4. The normalized spacial score (nSPS) is 28.8. The van der Waals surface area contributed by atoms with E-state index in [-0.39, 0.29) is 23.5 Å². The van der Waals surface area contributed by atoms with E-state index in [1.807, 2.05) is 23.2 Å². The van der Waals surface area contributed by atoms with E-state index in [0.29, 0.717) is 39.5 Å². The first-order chi connectivity index (χ1) is 11.7. The Balaban J connectivity index is 1.27. The van der Waals surface area contributed by atoms with Crippen LogP contribution in [0.1, 0.15) is 24.8 Å². The van der Waals surface area contributed by atoms with Gasteiger partial charge in [0.15, 0.2) is 0 Å². The lowest BCUT2D eigenvalue weighted by Crippen LogP contribution is -2.68. The van der Waals surface area contributed by atoms with Gasteiger partial charge in [0.1, 0.15) is 5.60 Å². The second-order valence-corrected chi connectivity index (χ2v) is 7.07. The second kappa shape index (κ2) is 6.78. The van der Waals surface area contributed by atoms with Crippen LogP contribution < -0.4 is 0 Å². The van der Waals surface area contributed by atoms with Crippen LogP contribution in [0.25, 0.3) is 0 Å². The number of hydrogen-bond donors (Lipinski definition) is 0. The lowest BCUT2D eigenvalue weighted by atomic mass is 9.84. The van der Waals surface area contributed by atoms with Crippen LogP contribution in [-0.4, -0.2) is 60.4 Å². The Labute approximate surface area is 142 Å². The minimum atomic E-state index is -0.201. The molecule has 3 aliphatic heterocycles. The van der Waals surface area contributed by atoms with Crippen LogP contribution in [0.5, 0.6) is 0 Å². The van der Waals surface area contributed by atoms with Crippen molar-refractivity contribution in [2.75, 3.05) is 32.9 Å². The maximum atomic E-state index is 12.4. The van der Waals surface area contributed by atoms with Gasteiger partial charge >= 0.3 is 0 Å². The van der Waals surface area contributed by atoms with Gasteiger partial charge in [-0.3, -0.25) is 9.78 Å². The van der Waals surface area contributed by atoms with Crippen molar-refractivity contribution in [3.05, 3.63) is 30.1 Å². The molecule has 0 unspecified atom stereocenters. The van der Waals surface area contributed by atoms with E-state index >= 15 is 0 Å². The maximum Gasteiger partial charge on any atom is 0.228 e. The number of nitrogens with zero attached hydrogens (tertiary/aromatic N) is 2. The molecule has 1 spiro atoms. The summed E-state index contributed by atoms with van der Waals surface area (Å²) in [5, 5.41) is 0. The molecule has 130 valence electrons. The first kappa shape index (κ1) is 16.0. The molecule has 1 amide bonds. The lowest BCUT2D eigenvalue weighted by molar-refractivity contribution is -0.204. The van der Waals surface area contributed by atoms with E-state index in [9.17, 15) is 4.79 Å². The van der Waals surface area contributed by atoms with Gasteiger partial charge in [0, 0.05) is 32.0 Å². The lowest BCUT2D eigenvalue weighted by Gasteiger charge is -2.53. The average molecular weight is 332 g/mol. The highest BCUT2D eigenvalue weighted by molar-refractivity contribution is 5.80. The third kappa shape index (κ3) is 3.31. The third-order valence-corrected chi connectivity index (χ3v) is 5.20. The Morgan fingerprint density at radius 1 is 1.38 bits per heavy atom. The fraction of sp³-hybridized carbons (Fsp3) is 0.667. The number of pyridine rings is 1. The van der Waals surface area contributed by atoms with Crippen LogP contribution in [0.4, 0.5) is 0 Å². The molecular weight excluding hydrogens is 308 g/mol. The monoisotopic (exact) mass is 332 g/mol. The van der Waals surface area contributed by atoms with Crippen molar-refractivity contribution in [3.63, 3.8) is 0 Å². The first-order valence-corrected chi connectivity index (χ1v) is 8.75. The molecule has 0 aromatic carbocycles. The van der Waals surface area contributed by atoms with E-state index in [1.165, 1.54) is 0 Å². The summed E-state index contributed by atoms with van der Waals surface area (Å²) in [5.41, 5.74) is 0.886. The zero-order valence-electron chi connectivity index (χ0n) is 13.9. The Kier molecular flexibility index (Phi) is 4.52. The molecule has 1 aromatic rings. The number of carbonyl (C=O) groups excluding carboxylic acids is 1. The van der Waals surface area contributed by atoms with E-state index in [4.69, 9.17) is 14.2 Å². The van der Waals surface area contributed by atoms with Crippen LogP contribution in [0, 0.1) is 5.92 Å². The number of hydrogen-bond acceptors (Lipinski definition) is 5. The number of likely N-dealkylation sites (tertiary alicyclic amines) is 1. The number of carbonyl (C=O) groups is 1. The molecule has 6 nitrogen and oxygen atoms in total. The zero-order valence-corrected chi connectivity index (χ0v) is 13.9. The molecule has 0 bridgehead atoms. The Morgan fingerprint density at radius 2 is 2.29 bits per heavy atom. The van der Waals surface area contributed by atoms with E-state index < -0.39 is 0 Å². The van der Waals surface area contributed by atoms with Crippen LogP contribution >= 0.6 is 0 Å². The number of amides is 1. The molecule has 0 saturated carbocycles. The fourth-order valence-electron chi connectivity index (χ4n) is 3.84. The molecule has 1 aromatic heterocycles. The molecule has 6 heteroatoms. The standard InChI is InChI=1S/C18H24N2O4/c21-17(15-3-6-22-11-15)20-12-18(13-20)8-16(4-7-24-18)23-10-14-2-1-5-19-9-14/h1-2,5,9,15-16H,3-4,6-8,10-13H2/t15-,16-/m1/s1. The minimum Gasteiger partial charge on any atom is -0.381 e. The molecule has 4 rings (SSSR count). The smallest absolute Gasteiger partial charge is 0.228 e. The van der Waals surface area contributed by atoms with Crippen molar-refractivity contribution in [2.24, 2.45) is 5.92 Å². The van der Waals surface area contributed by atoms with Crippen molar-refractivity contribution >= 4 is 5.91 Å². The molecule has 2 atom stereocenters. The van der Waals surface area contributed by atoms with Crippen LogP contribution in [0.2, 0.25) is 0 Å². The van der Waals surface area contributed by atoms with Gasteiger partial charge in [0.05, 0.1) is 38.3 Å². The molecule has 3 saturated heterocycles. The molecule has 3 aliphatic rings. The number of rotatable bonds is 4. The predicted molar refractivity (Wildman–Crippen MR) is 86.2 cm³/mol. The van der Waals surface area contributed by atoms with Gasteiger partial charge in [0.2, 0.25) is 5.91 Å². The highest BCUT2D eigenvalue weighted by Crippen LogP contribution is 2.36. The van der Waals surface area contributed by atoms with Crippen molar-refractivity contribution in [1.82, 2.24) is 9.88 Å². The number of ether oxygens (including phenoxy) is 3. The Morgan fingerprint density at radius 3 is 3.04 bits per heavy atom. The van der Waals surface area contributed by atoms with E-state index in [0.717, 1.165) is 24.8 Å². The Bertz CT molecular complexity index is 568. The minimum absolute atomic E-state index is 0.0450. The van der Waals surface area contributed by atoms with Gasteiger partial charge in [-0.25, -0.2) is 0 Å². The van der Waals surface area contributed by atoms with Crippen LogP contribution in [0.15, 0.2) is 24.5 Å². The van der Waals surface area contributed by atoms with Gasteiger partial charge in [-0.05, 0) is 24.5 Å². The van der Waals surface area contributed by atoms with Gasteiger partial charge in [0.25, 0.3) is 0 Å². The van der Waals surface area contributed by atoms with Gasteiger partial charge in [-0.1, -0.05) is 6.07 Å². The molecule has 0 aliphatic carbocycles. The zero-order chi connectivity index (χ0) is 16.4. The maximum absolute atomic E-state index is 12.4. The summed E-state index contributed by atoms with van der Waals surface area (Å²) in [6.45, 7) is 3.93. The SMILES string of the molecule is O=C([C@@H]1CCOC1)N1CC2(C[C@H](OCc3cccnc3)CCO2)C1. The molecular formula is C18H24N2O4. The van der Waals surface area contributed by atoms with E-state index in [2.05, 4.69) is 4.98 Å². The van der Waals surface area contributed by atoms with E-state index in [1.54, 1.807) is 6.20 Å². The van der Waals surface area contributed by atoms with Gasteiger partial charge < -0.3 is 19.1 Å². The molecule has 24 heavy (non-hydrogen) atoms. The molecule has 3 fully saturated rings. The van der Waals surface area contributed by atoms with Crippen molar-refractivity contribution < 1.29 is 19.0 Å². The molecule has 0 radical (unpaired) electrons. The summed E-state index contributed by atoms with van der Waals surface area (Å²) in [4.78, 5) is 18.4. The van der Waals surface area contributed by atoms with Gasteiger partial charge in [-0.15, -0.1) is 0 Å². The fourth-order valence-corrected chi connectivity index (χ4v) is 3.84. The van der Waals surface area contributed by atoms with Crippen molar-refractivity contribution in [2.45, 2.75) is 37.6 Å². The largest absolute Gasteiger partial charge is 0.381 e. The summed E-state index contributed by atoms with van der Waals surface area (Å²) in [6.07, 6.45) is 6.40. The first-order valence-electron chi connectivity index (χ1n) is 8.75. The summed E-state index contributed by atoms with van der Waals surface area (Å²) in [7, 11) is 0. The highest BCUT2D eigenvalue weighted by atomic mass is 16.5. The quantitative estimate of drug-likeness (QED) is 0.834. The van der Waals surface area contributed by atoms with Gasteiger partial charge in [-0.2, -0.15) is 0 Å². The Hall–Kier alpha value is -1.50. The van der Waals surface area contributed by atoms with Crippen LogP contribution in [0.3, 0.4) is 0 Å². The topological polar surface area (TPSA) is 60.9 Å². The predicted octanol–water partition coefficient (Wildman–Crippen LogP) is 1.39. The highest BCUT2D eigenvalue weighted by Gasteiger charge is 2.50. The summed E-state index contributed by atoms with van der Waals surface area (Å²) >= 11 is 0. The summed E-state index contributed by atoms with van der Waals surface area (Å²) in [6, 6.07) is 3.95. The van der Waals surface area contributed by atoms with Crippen molar-refractivity contribution in [3.8, 4) is 0 Å². The third-order valence-electron chi connectivity index (χ3n) is 5.20. The number of aromatic nitrogens is 1. The van der Waals surface area contributed by atoms with Crippen LogP contribution in [-0.2, 0) is 25.6 Å². The average Bonchev–Trinajstić information content (AvgIpc) is 3.13. The summed E-state index contributed by atoms with van der Waals surface area (Å²) in [5.74, 6) is 0.267. The second-order valence-electron chi connectivity index (χ2n) is 7.07.